The van der Waals surface area contributed by atoms with E-state index in [1.54, 1.807) is 55.7 Å². The van der Waals surface area contributed by atoms with Gasteiger partial charge in [-0.15, -0.1) is 9.42 Å². The van der Waals surface area contributed by atoms with Gasteiger partial charge in [0.15, 0.2) is 40.5 Å². The van der Waals surface area contributed by atoms with Crippen LogP contribution >= 0.6 is 15.9 Å². The average Bonchev–Trinajstić information content (AvgIpc) is 3.89. The molecule has 2 saturated heterocycles. The number of hydrogen-bond acceptors (Lipinski definition) is 15. The average molecular weight is 773 g/mol. The third-order valence-corrected chi connectivity index (χ3v) is 10.9. The number of aromatic nitrogens is 8. The first-order valence-corrected chi connectivity index (χ1v) is 19.6. The predicted molar refractivity (Wildman–Crippen MR) is 185 cm³/mol. The molecule has 0 bridgehead atoms. The summed E-state index contributed by atoms with van der Waals surface area (Å²) in [5.41, 5.74) is 0.844. The minimum atomic E-state index is -3.89. The third-order valence-electron chi connectivity index (χ3n) is 9.25. The Balaban J connectivity index is 1.05. The minimum Gasteiger partial charge on any atom is -0.394 e. The summed E-state index contributed by atoms with van der Waals surface area (Å²) in [4.78, 5) is 58.9. The van der Waals surface area contributed by atoms with Gasteiger partial charge >= 0.3 is 15.9 Å². The maximum Gasteiger partial charge on any atom is 0.695 e. The number of aliphatic hydroxyl groups is 1. The van der Waals surface area contributed by atoms with Gasteiger partial charge in [0, 0.05) is 28.6 Å². The standard InChI is InChI=1S/C31H35N9O11P2/c1-15-20(49-31(24(15)50-52(44)45)40-14-35-22-27(40)36-17(3)37-29(22)43)11-47-53(4,46)51-23-16(2)30(48-19(23)10-41)39-13-34-21-25(32-12-33-26(21)39)38-28(42)18-8-6-5-7-9-18/h5-9,12-16,19-20,23-24,30-31,41H,10-11H2,1-4H3,(H2-,32,33,36,37,38,42,43,44,45)/p+1/t15-,16-,19+,20+,23?,24?,30+,31+,53?/m0/s1. The summed E-state index contributed by atoms with van der Waals surface area (Å²) in [5, 5.41) is 13.0. The number of amides is 1. The molecule has 7 rings (SSSR count). The smallest absolute Gasteiger partial charge is 0.394 e. The number of carbonyl (C=O) groups excluding carboxylic acids is 1. The first-order chi connectivity index (χ1) is 25.3. The lowest BCUT2D eigenvalue weighted by atomic mass is 10.0. The van der Waals surface area contributed by atoms with E-state index in [0.29, 0.717) is 22.6 Å². The lowest BCUT2D eigenvalue weighted by Gasteiger charge is -2.26. The Labute approximate surface area is 301 Å². The third kappa shape index (κ3) is 7.29. The van der Waals surface area contributed by atoms with Gasteiger partial charge in [-0.05, 0) is 19.1 Å². The maximum absolute atomic E-state index is 13.8. The Hall–Kier alpha value is -4.36. The van der Waals surface area contributed by atoms with E-state index in [-0.39, 0.29) is 29.5 Å². The minimum absolute atomic E-state index is 0.0428. The fourth-order valence-corrected chi connectivity index (χ4v) is 8.36. The number of ether oxygens (including phenoxy) is 2. The summed E-state index contributed by atoms with van der Waals surface area (Å²) in [6.07, 6.45) is -1.38. The van der Waals surface area contributed by atoms with Gasteiger partial charge in [-0.1, -0.05) is 32.0 Å². The van der Waals surface area contributed by atoms with E-state index in [1.165, 1.54) is 30.2 Å². The SMILES string of the molecule is Cc1nc2c(ncn2[C@@H]2O[C@H](COP(C)(=O)OC3[C@@H](CO)O[C@@H](n4cnc5c(NC(=O)c6ccccc6)ncnc54)[C@H]3C)[C@H](C)C2O[P+](=O)O)c(=O)[nH]1. The molecule has 0 radical (unpaired) electrons. The molecule has 1 aromatic carbocycles. The Morgan fingerprint density at radius 1 is 1.00 bits per heavy atom. The van der Waals surface area contributed by atoms with Crippen molar-refractivity contribution in [2.75, 3.05) is 25.2 Å². The number of benzene rings is 1. The second-order valence-electron chi connectivity index (χ2n) is 12.8. The molecule has 20 nitrogen and oxygen atoms in total. The summed E-state index contributed by atoms with van der Waals surface area (Å²) in [5.74, 6) is -0.954. The van der Waals surface area contributed by atoms with Crippen molar-refractivity contribution in [3.63, 3.8) is 0 Å². The number of imidazole rings is 2. The quantitative estimate of drug-likeness (QED) is 0.133. The summed E-state index contributed by atoms with van der Waals surface area (Å²) >= 11 is 0. The highest BCUT2D eigenvalue weighted by molar-refractivity contribution is 7.53. The van der Waals surface area contributed by atoms with Gasteiger partial charge < -0.3 is 33.9 Å². The molecule has 10 atom stereocenters. The fourth-order valence-electron chi connectivity index (χ4n) is 6.61. The van der Waals surface area contributed by atoms with Crippen molar-refractivity contribution >= 4 is 49.9 Å². The molecule has 53 heavy (non-hydrogen) atoms. The zero-order valence-electron chi connectivity index (χ0n) is 28.7. The van der Waals surface area contributed by atoms with Crippen LogP contribution in [-0.4, -0.2) is 99.2 Å². The van der Waals surface area contributed by atoms with Crippen molar-refractivity contribution < 1.29 is 47.0 Å². The van der Waals surface area contributed by atoms with Gasteiger partial charge in [0.25, 0.3) is 11.5 Å². The Kier molecular flexibility index (Phi) is 10.3. The van der Waals surface area contributed by atoms with E-state index in [0.717, 1.165) is 0 Å². The second kappa shape index (κ2) is 14.8. The highest BCUT2D eigenvalue weighted by Crippen LogP contribution is 2.52. The molecule has 2 fully saturated rings. The van der Waals surface area contributed by atoms with E-state index in [1.807, 2.05) is 0 Å². The number of rotatable bonds is 12. The largest absolute Gasteiger partial charge is 0.695 e. The van der Waals surface area contributed by atoms with Crippen LogP contribution in [0.3, 0.4) is 0 Å². The number of fused-ring (bicyclic) bond motifs is 2. The van der Waals surface area contributed by atoms with Crippen molar-refractivity contribution in [2.45, 2.75) is 57.6 Å². The van der Waals surface area contributed by atoms with Crippen LogP contribution < -0.4 is 10.9 Å². The molecule has 1 amide bonds. The van der Waals surface area contributed by atoms with E-state index in [4.69, 9.17) is 23.0 Å². The second-order valence-corrected chi connectivity index (χ2v) is 15.5. The van der Waals surface area contributed by atoms with Crippen molar-refractivity contribution in [3.05, 3.63) is 71.1 Å². The van der Waals surface area contributed by atoms with Crippen molar-refractivity contribution in [2.24, 2.45) is 11.8 Å². The van der Waals surface area contributed by atoms with Crippen LogP contribution in [0, 0.1) is 18.8 Å². The first-order valence-electron chi connectivity index (χ1n) is 16.5. The molecule has 22 heteroatoms. The molecule has 5 aromatic rings. The van der Waals surface area contributed by atoms with Gasteiger partial charge in [0.05, 0.1) is 32.0 Å². The van der Waals surface area contributed by atoms with Crippen LogP contribution in [0.15, 0.2) is 54.1 Å². The van der Waals surface area contributed by atoms with E-state index in [2.05, 4.69) is 35.2 Å². The van der Waals surface area contributed by atoms with Crippen molar-refractivity contribution in [1.29, 1.82) is 0 Å². The van der Waals surface area contributed by atoms with Crippen LogP contribution in [0.2, 0.25) is 0 Å². The highest BCUT2D eigenvalue weighted by Gasteiger charge is 2.51. The van der Waals surface area contributed by atoms with Crippen LogP contribution in [0.5, 0.6) is 0 Å². The molecular formula is C31H36N9O11P2+. The summed E-state index contributed by atoms with van der Waals surface area (Å²) in [7, 11) is -6.94. The number of hydrogen-bond donors (Lipinski definition) is 4. The molecule has 4 aromatic heterocycles. The summed E-state index contributed by atoms with van der Waals surface area (Å²) < 4.78 is 58.3. The molecule has 0 aliphatic carbocycles. The molecule has 4 unspecified atom stereocenters. The van der Waals surface area contributed by atoms with Gasteiger partial charge in [-0.2, -0.15) is 0 Å². The molecule has 280 valence electrons. The van der Waals surface area contributed by atoms with Gasteiger partial charge in [-0.25, -0.2) is 24.9 Å². The van der Waals surface area contributed by atoms with E-state index >= 15 is 0 Å². The number of aromatic amines is 1. The summed E-state index contributed by atoms with van der Waals surface area (Å²) in [6.45, 7) is 5.63. The topological polar surface area (TPSA) is 257 Å². The number of anilines is 1. The monoisotopic (exact) mass is 772 g/mol. The van der Waals surface area contributed by atoms with Crippen LogP contribution in [-0.2, 0) is 32.2 Å². The zero-order chi connectivity index (χ0) is 37.6. The number of H-pyrrole nitrogens is 1. The predicted octanol–water partition coefficient (Wildman–Crippen LogP) is 2.84. The fraction of sp³-hybridized carbons (Fsp3) is 0.452. The Bertz CT molecular complexity index is 2270. The summed E-state index contributed by atoms with van der Waals surface area (Å²) in [6, 6.07) is 8.63. The normalized spacial score (nSPS) is 27.3. The van der Waals surface area contributed by atoms with E-state index in [9.17, 15) is 28.7 Å². The number of aliphatic hydroxyl groups excluding tert-OH is 1. The molecular weight excluding hydrogens is 736 g/mol. The Morgan fingerprint density at radius 3 is 2.42 bits per heavy atom. The van der Waals surface area contributed by atoms with Gasteiger partial charge in [0.1, 0.15) is 30.6 Å². The van der Waals surface area contributed by atoms with Crippen LogP contribution in [0.4, 0.5) is 5.82 Å². The molecule has 6 heterocycles. The number of aryl methyl sites for hydroxylation is 1. The zero-order valence-corrected chi connectivity index (χ0v) is 30.5. The first kappa shape index (κ1) is 37.0. The van der Waals surface area contributed by atoms with Crippen molar-refractivity contribution in [3.8, 4) is 0 Å². The molecule has 0 saturated carbocycles. The van der Waals surface area contributed by atoms with E-state index < -0.39 is 76.7 Å². The molecule has 2 aliphatic heterocycles. The van der Waals surface area contributed by atoms with Crippen molar-refractivity contribution in [1.82, 2.24) is 39.0 Å². The molecule has 4 N–H and O–H groups in total. The molecule has 0 spiro atoms. The lowest BCUT2D eigenvalue weighted by Crippen LogP contribution is -2.31. The van der Waals surface area contributed by atoms with Crippen LogP contribution in [0.25, 0.3) is 22.3 Å². The number of nitrogens with zero attached hydrogens (tertiary/aromatic N) is 7. The van der Waals surface area contributed by atoms with Crippen LogP contribution in [0.1, 0.15) is 42.5 Å². The number of carbonyl (C=O) groups is 1. The highest BCUT2D eigenvalue weighted by atomic mass is 31.2. The maximum atomic E-state index is 13.8. The number of nitrogens with one attached hydrogen (secondary N) is 2. The Morgan fingerprint density at radius 2 is 1.70 bits per heavy atom. The lowest BCUT2D eigenvalue weighted by molar-refractivity contribution is -0.0498. The van der Waals surface area contributed by atoms with Gasteiger partial charge in [-0.3, -0.25) is 23.3 Å². The van der Waals surface area contributed by atoms with Gasteiger partial charge in [0.2, 0.25) is 0 Å². The molecule has 2 aliphatic rings.